The molecule has 2 aromatic rings. The van der Waals surface area contributed by atoms with Crippen LogP contribution in [0.25, 0.3) is 6.08 Å². The molecule has 19 heavy (non-hydrogen) atoms. The maximum Gasteiger partial charge on any atom is 0.185 e. The Hall–Kier alpha value is -1.39. The Bertz CT molecular complexity index is 617. The summed E-state index contributed by atoms with van der Waals surface area (Å²) in [5, 5.41) is 4.80. The van der Waals surface area contributed by atoms with Gasteiger partial charge in [0.15, 0.2) is 5.78 Å². The molecule has 0 bridgehead atoms. The number of aromatic nitrogens is 2. The second-order valence-corrected chi connectivity index (χ2v) is 5.19. The number of aryl methyl sites for hydroxylation is 1. The first-order valence-corrected chi connectivity index (χ1v) is 6.98. The lowest BCUT2D eigenvalue weighted by Gasteiger charge is -2.00. The maximum absolute atomic E-state index is 12.0. The summed E-state index contributed by atoms with van der Waals surface area (Å²) < 4.78 is 2.69. The van der Waals surface area contributed by atoms with E-state index in [0.29, 0.717) is 10.6 Å². The minimum Gasteiger partial charge on any atom is -0.289 e. The van der Waals surface area contributed by atoms with E-state index in [4.69, 9.17) is 11.6 Å². The highest BCUT2D eigenvalue weighted by Gasteiger charge is 2.06. The second kappa shape index (κ2) is 6.17. The molecule has 0 aliphatic carbocycles. The van der Waals surface area contributed by atoms with Crippen molar-refractivity contribution in [2.45, 2.75) is 13.5 Å². The summed E-state index contributed by atoms with van der Waals surface area (Å²) in [5.41, 5.74) is 1.49. The van der Waals surface area contributed by atoms with Crippen molar-refractivity contribution in [3.8, 4) is 0 Å². The highest BCUT2D eigenvalue weighted by Crippen LogP contribution is 2.18. The van der Waals surface area contributed by atoms with Gasteiger partial charge >= 0.3 is 0 Å². The third kappa shape index (κ3) is 3.33. The number of hydrogen-bond acceptors (Lipinski definition) is 2. The van der Waals surface area contributed by atoms with Crippen molar-refractivity contribution in [2.75, 3.05) is 0 Å². The zero-order valence-electron chi connectivity index (χ0n) is 10.3. The topological polar surface area (TPSA) is 34.9 Å². The van der Waals surface area contributed by atoms with Gasteiger partial charge in [0, 0.05) is 17.1 Å². The number of ketones is 1. The fraction of sp³-hybridized carbons (Fsp3) is 0.143. The SMILES string of the molecule is CCn1ncc(Br)c1/C=C/C(=O)c1ccc(Cl)cc1. The molecule has 2 rings (SSSR count). The molecule has 0 atom stereocenters. The number of nitrogens with zero attached hydrogens (tertiary/aromatic N) is 2. The van der Waals surface area contributed by atoms with Crippen molar-refractivity contribution in [3.63, 3.8) is 0 Å². The molecule has 0 saturated heterocycles. The number of allylic oxidation sites excluding steroid dienone is 1. The maximum atomic E-state index is 12.0. The fourth-order valence-corrected chi connectivity index (χ4v) is 2.21. The van der Waals surface area contributed by atoms with Crippen LogP contribution in [0.2, 0.25) is 5.02 Å². The number of carbonyl (C=O) groups is 1. The molecule has 0 unspecified atom stereocenters. The van der Waals surface area contributed by atoms with Crippen LogP contribution in [0.15, 0.2) is 41.0 Å². The van der Waals surface area contributed by atoms with Crippen LogP contribution >= 0.6 is 27.5 Å². The first kappa shape index (κ1) is 14.0. The van der Waals surface area contributed by atoms with Gasteiger partial charge in [0.05, 0.1) is 16.4 Å². The van der Waals surface area contributed by atoms with E-state index in [1.165, 1.54) is 6.08 Å². The summed E-state index contributed by atoms with van der Waals surface area (Å²) in [6, 6.07) is 6.83. The summed E-state index contributed by atoms with van der Waals surface area (Å²) in [5.74, 6) is -0.0626. The lowest BCUT2D eigenvalue weighted by molar-refractivity contribution is 0.104. The van der Waals surface area contributed by atoms with E-state index in [1.54, 1.807) is 36.5 Å². The molecule has 98 valence electrons. The molecule has 5 heteroatoms. The van der Waals surface area contributed by atoms with Crippen LogP contribution in [0.1, 0.15) is 23.0 Å². The summed E-state index contributed by atoms with van der Waals surface area (Å²) in [7, 11) is 0. The molecular formula is C14H12BrClN2O. The van der Waals surface area contributed by atoms with Crippen molar-refractivity contribution in [3.05, 3.63) is 57.3 Å². The van der Waals surface area contributed by atoms with E-state index in [9.17, 15) is 4.79 Å². The average molecular weight is 340 g/mol. The average Bonchev–Trinajstić information content (AvgIpc) is 2.77. The molecule has 0 radical (unpaired) electrons. The molecular weight excluding hydrogens is 328 g/mol. The van der Waals surface area contributed by atoms with E-state index >= 15 is 0 Å². The molecule has 0 amide bonds. The smallest absolute Gasteiger partial charge is 0.185 e. The molecule has 1 aromatic heterocycles. The van der Waals surface area contributed by atoms with E-state index in [0.717, 1.165) is 16.7 Å². The highest BCUT2D eigenvalue weighted by atomic mass is 79.9. The molecule has 0 spiro atoms. The van der Waals surface area contributed by atoms with Gasteiger partial charge in [-0.2, -0.15) is 5.10 Å². The van der Waals surface area contributed by atoms with E-state index in [-0.39, 0.29) is 5.78 Å². The fourth-order valence-electron chi connectivity index (χ4n) is 1.65. The van der Waals surface area contributed by atoms with Crippen LogP contribution in [0.5, 0.6) is 0 Å². The van der Waals surface area contributed by atoms with Crippen LogP contribution in [-0.2, 0) is 6.54 Å². The third-order valence-corrected chi connectivity index (χ3v) is 3.52. The first-order chi connectivity index (χ1) is 9.11. The monoisotopic (exact) mass is 338 g/mol. The largest absolute Gasteiger partial charge is 0.289 e. The van der Waals surface area contributed by atoms with Crippen molar-refractivity contribution < 1.29 is 4.79 Å². The van der Waals surface area contributed by atoms with Gasteiger partial charge in [0.1, 0.15) is 0 Å². The predicted molar refractivity (Wildman–Crippen MR) is 80.4 cm³/mol. The number of benzene rings is 1. The van der Waals surface area contributed by atoms with Crippen LogP contribution < -0.4 is 0 Å². The van der Waals surface area contributed by atoms with Gasteiger partial charge in [-0.3, -0.25) is 9.48 Å². The zero-order valence-corrected chi connectivity index (χ0v) is 12.6. The lowest BCUT2D eigenvalue weighted by Crippen LogP contribution is -1.99. The normalized spacial score (nSPS) is 11.1. The van der Waals surface area contributed by atoms with Gasteiger partial charge in [0.25, 0.3) is 0 Å². The molecule has 3 nitrogen and oxygen atoms in total. The van der Waals surface area contributed by atoms with Crippen LogP contribution in [0.4, 0.5) is 0 Å². The van der Waals surface area contributed by atoms with E-state index in [2.05, 4.69) is 21.0 Å². The predicted octanol–water partition coefficient (Wildman–Crippen LogP) is 4.22. The number of halogens is 2. The molecule has 1 heterocycles. The minimum atomic E-state index is -0.0626. The molecule has 0 saturated carbocycles. The van der Waals surface area contributed by atoms with Crippen molar-refractivity contribution >= 4 is 39.4 Å². The second-order valence-electron chi connectivity index (χ2n) is 3.90. The standard InChI is InChI=1S/C14H12BrClN2O/c1-2-18-13(12(15)9-17-18)7-8-14(19)10-3-5-11(16)6-4-10/h3-9H,2H2,1H3/b8-7+. The Kier molecular flexibility index (Phi) is 4.56. The molecule has 0 aliphatic rings. The van der Waals surface area contributed by atoms with Crippen LogP contribution in [0, 0.1) is 0 Å². The van der Waals surface area contributed by atoms with Gasteiger partial charge in [0.2, 0.25) is 0 Å². The van der Waals surface area contributed by atoms with Gasteiger partial charge in [-0.05, 0) is 59.3 Å². The zero-order chi connectivity index (χ0) is 13.8. The van der Waals surface area contributed by atoms with Crippen LogP contribution in [-0.4, -0.2) is 15.6 Å². The van der Waals surface area contributed by atoms with Crippen LogP contribution in [0.3, 0.4) is 0 Å². The number of rotatable bonds is 4. The summed E-state index contributed by atoms with van der Waals surface area (Å²) >= 11 is 9.20. The Morgan fingerprint density at radius 3 is 2.74 bits per heavy atom. The summed E-state index contributed by atoms with van der Waals surface area (Å²) in [6.45, 7) is 2.75. The van der Waals surface area contributed by atoms with Crippen molar-refractivity contribution in [1.82, 2.24) is 9.78 Å². The third-order valence-electron chi connectivity index (χ3n) is 2.65. The quantitative estimate of drug-likeness (QED) is 0.617. The van der Waals surface area contributed by atoms with Crippen molar-refractivity contribution in [1.29, 1.82) is 0 Å². The number of hydrogen-bond donors (Lipinski definition) is 0. The molecule has 1 aromatic carbocycles. The highest BCUT2D eigenvalue weighted by molar-refractivity contribution is 9.10. The van der Waals surface area contributed by atoms with Gasteiger partial charge < -0.3 is 0 Å². The molecule has 0 N–H and O–H groups in total. The Morgan fingerprint density at radius 2 is 2.11 bits per heavy atom. The van der Waals surface area contributed by atoms with Gasteiger partial charge in [-0.15, -0.1) is 0 Å². The van der Waals surface area contributed by atoms with Crippen molar-refractivity contribution in [2.24, 2.45) is 0 Å². The Morgan fingerprint density at radius 1 is 1.42 bits per heavy atom. The summed E-state index contributed by atoms with van der Waals surface area (Å²) in [4.78, 5) is 12.0. The number of carbonyl (C=O) groups excluding carboxylic acids is 1. The van der Waals surface area contributed by atoms with E-state index < -0.39 is 0 Å². The minimum absolute atomic E-state index is 0.0626. The Labute approximate surface area is 125 Å². The Balaban J connectivity index is 2.20. The first-order valence-electron chi connectivity index (χ1n) is 5.81. The van der Waals surface area contributed by atoms with E-state index in [1.807, 2.05) is 11.6 Å². The van der Waals surface area contributed by atoms with Gasteiger partial charge in [-0.25, -0.2) is 0 Å². The lowest BCUT2D eigenvalue weighted by atomic mass is 10.1. The molecule has 0 aliphatic heterocycles. The summed E-state index contributed by atoms with van der Waals surface area (Å²) in [6.07, 6.45) is 5.02. The van der Waals surface area contributed by atoms with Gasteiger partial charge in [-0.1, -0.05) is 11.6 Å². The molecule has 0 fully saturated rings.